The molecule has 60 heavy (non-hydrogen) atoms. The first-order chi connectivity index (χ1) is 28.6. The minimum atomic E-state index is -0.812. The minimum Gasteiger partial charge on any atom is -0.489 e. The van der Waals surface area contributed by atoms with Gasteiger partial charge in [-0.3, -0.25) is 24.5 Å². The molecule has 3 amide bonds. The molecule has 2 aliphatic heterocycles. The quantitative estimate of drug-likeness (QED) is 0.105. The van der Waals surface area contributed by atoms with Crippen molar-refractivity contribution >= 4 is 51.5 Å². The summed E-state index contributed by atoms with van der Waals surface area (Å²) in [6.45, 7) is 14.2. The van der Waals surface area contributed by atoms with Gasteiger partial charge in [0, 0.05) is 84.4 Å². The van der Waals surface area contributed by atoms with Crippen LogP contribution in [0.1, 0.15) is 82.3 Å². The number of carbonyl (C=O) groups is 3. The summed E-state index contributed by atoms with van der Waals surface area (Å²) in [6.07, 6.45) is 6.07. The van der Waals surface area contributed by atoms with Crippen LogP contribution in [0.2, 0.25) is 5.02 Å². The molecule has 0 radical (unpaired) electrons. The van der Waals surface area contributed by atoms with Crippen molar-refractivity contribution in [1.82, 2.24) is 20.4 Å². The number of nitriles is 1. The molecule has 13 nitrogen and oxygen atoms in total. The Balaban J connectivity index is 0.923. The summed E-state index contributed by atoms with van der Waals surface area (Å²) in [5.74, 6) is 0.0164. The summed E-state index contributed by atoms with van der Waals surface area (Å²) in [5, 5.41) is 20.6. The van der Waals surface area contributed by atoms with E-state index in [1.54, 1.807) is 30.5 Å². The second-order valence-corrected chi connectivity index (χ2v) is 17.9. The number of ether oxygens (including phenoxy) is 1. The predicted molar refractivity (Wildman–Crippen MR) is 233 cm³/mol. The highest BCUT2D eigenvalue weighted by Crippen LogP contribution is 2.55. The van der Waals surface area contributed by atoms with Gasteiger partial charge in [0.1, 0.15) is 24.0 Å². The van der Waals surface area contributed by atoms with Gasteiger partial charge in [0.15, 0.2) is 0 Å². The van der Waals surface area contributed by atoms with E-state index in [9.17, 15) is 24.4 Å². The maximum atomic E-state index is 13.5. The average molecular weight is 833 g/mol. The molecule has 2 atom stereocenters. The van der Waals surface area contributed by atoms with Crippen LogP contribution in [0.25, 0.3) is 10.8 Å². The Kier molecular flexibility index (Phi) is 12.1. The molecule has 3 aromatic carbocycles. The Labute approximate surface area is 355 Å². The first-order valence-electron chi connectivity index (χ1n) is 20.6. The van der Waals surface area contributed by atoms with Gasteiger partial charge in [0.05, 0.1) is 22.2 Å². The number of hydrogen-bond acceptors (Lipinski definition) is 10. The molecular formula is C46H53ClN8O5. The Morgan fingerprint density at radius 1 is 1.07 bits per heavy atom. The number of benzene rings is 3. The highest BCUT2D eigenvalue weighted by Gasteiger charge is 2.64. The number of piperidine rings is 1. The first-order valence-corrected chi connectivity index (χ1v) is 21.0. The smallest absolute Gasteiger partial charge is 0.275 e. The molecule has 2 unspecified atom stereocenters. The number of fused-ring (bicyclic) bond motifs is 1. The molecule has 1 aromatic heterocycles. The molecule has 1 aliphatic carbocycles. The number of carbonyl (C=O) groups excluding carboxylic acids is 3. The number of aromatic nitrogens is 2. The molecular weight excluding hydrogens is 780 g/mol. The minimum absolute atomic E-state index is 0.123. The Morgan fingerprint density at radius 2 is 1.82 bits per heavy atom. The van der Waals surface area contributed by atoms with E-state index in [1.807, 2.05) is 36.4 Å². The molecule has 0 bridgehead atoms. The molecule has 2 saturated heterocycles. The maximum absolute atomic E-state index is 13.5. The van der Waals surface area contributed by atoms with Gasteiger partial charge in [-0.2, -0.15) is 10.4 Å². The Morgan fingerprint density at radius 3 is 2.50 bits per heavy atom. The number of nitrogens with two attached hydrogens (primary N) is 1. The molecule has 1 saturated carbocycles. The van der Waals surface area contributed by atoms with Crippen LogP contribution in [0.4, 0.5) is 11.4 Å². The lowest BCUT2D eigenvalue weighted by Gasteiger charge is -2.63. The molecule has 3 aliphatic rings. The van der Waals surface area contributed by atoms with E-state index in [2.05, 4.69) is 72.3 Å². The summed E-state index contributed by atoms with van der Waals surface area (Å²) in [7, 11) is 0. The number of hydrogen-bond donors (Lipinski definition) is 3. The molecule has 314 valence electrons. The maximum Gasteiger partial charge on any atom is 0.275 e. The van der Waals surface area contributed by atoms with Crippen molar-refractivity contribution in [1.29, 1.82) is 5.26 Å². The monoisotopic (exact) mass is 832 g/mol. The van der Waals surface area contributed by atoms with E-state index in [-0.39, 0.29) is 53.2 Å². The standard InChI is InChI=1S/C46H53ClN8O5/c1-28(16-19-53(21-18-48)34-11-13-36-32(23-34)26-50-55(42(36)59)38-14-15-39(56)51-41(38)58)22-29-17-20-54(27-29)33-9-6-30(7-10-33)40(57)52-43-45(2,3)44(46(43,4)5)60-35-12-8-31(25-49)37(47)24-35/h6-13,22-24,26,29,38,43-44H,14-21,27,48H2,1-5H3,(H,52,57)(H,51,56,58)/b28-22+/t29?,38?,43-,44-. The summed E-state index contributed by atoms with van der Waals surface area (Å²) >= 11 is 6.26. The average Bonchev–Trinajstić information content (AvgIpc) is 3.69. The second-order valence-electron chi connectivity index (χ2n) is 17.5. The van der Waals surface area contributed by atoms with Gasteiger partial charge in [0.25, 0.3) is 17.4 Å². The molecule has 3 fully saturated rings. The Bertz CT molecular complexity index is 2420. The zero-order chi connectivity index (χ0) is 42.9. The van der Waals surface area contributed by atoms with Crippen LogP contribution in [0.3, 0.4) is 0 Å². The van der Waals surface area contributed by atoms with Gasteiger partial charge in [-0.15, -0.1) is 0 Å². The van der Waals surface area contributed by atoms with Gasteiger partial charge in [-0.1, -0.05) is 50.9 Å². The van der Waals surface area contributed by atoms with Crippen molar-refractivity contribution in [3.05, 3.63) is 105 Å². The number of imide groups is 1. The fraction of sp³-hybridized carbons (Fsp3) is 0.435. The molecule has 4 aromatic rings. The number of halogens is 1. The van der Waals surface area contributed by atoms with E-state index >= 15 is 0 Å². The summed E-state index contributed by atoms with van der Waals surface area (Å²) in [4.78, 5) is 55.5. The van der Waals surface area contributed by atoms with Crippen LogP contribution in [0.5, 0.6) is 5.75 Å². The fourth-order valence-electron chi connectivity index (χ4n) is 9.60. The van der Waals surface area contributed by atoms with Crippen LogP contribution in [-0.4, -0.2) is 72.4 Å². The third-order valence-corrected chi connectivity index (χ3v) is 12.8. The van der Waals surface area contributed by atoms with Crippen molar-refractivity contribution in [3.8, 4) is 11.8 Å². The van der Waals surface area contributed by atoms with Crippen LogP contribution in [-0.2, 0) is 9.59 Å². The van der Waals surface area contributed by atoms with Crippen molar-refractivity contribution < 1.29 is 19.1 Å². The van der Waals surface area contributed by atoms with Crippen molar-refractivity contribution in [2.24, 2.45) is 22.5 Å². The van der Waals surface area contributed by atoms with Crippen LogP contribution >= 0.6 is 11.6 Å². The zero-order valence-electron chi connectivity index (χ0n) is 34.8. The van der Waals surface area contributed by atoms with E-state index in [0.29, 0.717) is 51.7 Å². The molecule has 14 heteroatoms. The van der Waals surface area contributed by atoms with Crippen LogP contribution < -0.4 is 36.5 Å². The summed E-state index contributed by atoms with van der Waals surface area (Å²) < 4.78 is 7.56. The largest absolute Gasteiger partial charge is 0.489 e. The lowest BCUT2D eigenvalue weighted by molar-refractivity contribution is -0.164. The van der Waals surface area contributed by atoms with Gasteiger partial charge < -0.3 is 25.6 Å². The normalized spacial score (nSPS) is 22.2. The SMILES string of the molecule is C/C(=C\C1CCN(c2ccc(C(=O)N[C@H]3C(C)(C)[C@H](Oc4ccc(C#N)c(Cl)c4)C3(C)C)cc2)C1)CCN(CCN)c1ccc2c(=O)n(C3CCC(=O)NC3=O)ncc2c1. The predicted octanol–water partition coefficient (Wildman–Crippen LogP) is 6.14. The zero-order valence-corrected chi connectivity index (χ0v) is 35.6. The van der Waals surface area contributed by atoms with Crippen molar-refractivity contribution in [3.63, 3.8) is 0 Å². The van der Waals surface area contributed by atoms with Gasteiger partial charge in [-0.05, 0) is 86.7 Å². The third kappa shape index (κ3) is 8.49. The number of rotatable bonds is 13. The fourth-order valence-corrected chi connectivity index (χ4v) is 9.81. The number of nitrogens with zero attached hydrogens (tertiary/aromatic N) is 5. The molecule has 4 N–H and O–H groups in total. The molecule has 0 spiro atoms. The van der Waals surface area contributed by atoms with Gasteiger partial charge >= 0.3 is 0 Å². The highest BCUT2D eigenvalue weighted by molar-refractivity contribution is 6.31. The second kappa shape index (κ2) is 17.1. The third-order valence-electron chi connectivity index (χ3n) is 12.5. The number of nitrogens with one attached hydrogen (secondary N) is 2. The summed E-state index contributed by atoms with van der Waals surface area (Å²) in [6, 6.07) is 19.7. The van der Waals surface area contributed by atoms with E-state index < -0.39 is 11.9 Å². The van der Waals surface area contributed by atoms with Crippen LogP contribution in [0.15, 0.2) is 83.3 Å². The van der Waals surface area contributed by atoms with E-state index in [1.165, 1.54) is 10.3 Å². The summed E-state index contributed by atoms with van der Waals surface area (Å²) in [5.41, 5.74) is 9.26. The molecule has 3 heterocycles. The lowest BCUT2D eigenvalue weighted by Crippen LogP contribution is -2.74. The Hall–Kier alpha value is -5.71. The van der Waals surface area contributed by atoms with Gasteiger partial charge in [0.2, 0.25) is 5.91 Å². The van der Waals surface area contributed by atoms with Crippen molar-refractivity contribution in [2.45, 2.75) is 78.5 Å². The van der Waals surface area contributed by atoms with E-state index in [0.717, 1.165) is 43.9 Å². The lowest BCUT2D eigenvalue weighted by atomic mass is 9.49. The number of amides is 3. The van der Waals surface area contributed by atoms with E-state index in [4.69, 9.17) is 22.1 Å². The van der Waals surface area contributed by atoms with Gasteiger partial charge in [-0.25, -0.2) is 4.68 Å². The van der Waals surface area contributed by atoms with Crippen LogP contribution in [0, 0.1) is 28.1 Å². The topological polar surface area (TPSA) is 176 Å². The molecule has 7 rings (SSSR count). The number of anilines is 2. The first kappa shape index (κ1) is 42.4. The highest BCUT2D eigenvalue weighted by atomic mass is 35.5. The van der Waals surface area contributed by atoms with Crippen molar-refractivity contribution in [2.75, 3.05) is 42.5 Å².